The average molecular weight is 204 g/mol. The highest BCUT2D eigenvalue weighted by Crippen LogP contribution is 2.55. The minimum Gasteiger partial charge on any atom is -0.323 e. The summed E-state index contributed by atoms with van der Waals surface area (Å²) in [5.41, 5.74) is 0.730. The van der Waals surface area contributed by atoms with Crippen molar-refractivity contribution in [3.8, 4) is 0 Å². The van der Waals surface area contributed by atoms with Crippen LogP contribution in [0.1, 0.15) is 53.9 Å². The summed E-state index contributed by atoms with van der Waals surface area (Å²) >= 11 is 0. The van der Waals surface area contributed by atoms with Gasteiger partial charge in [-0.15, -0.1) is 0 Å². The molecule has 0 bridgehead atoms. The second kappa shape index (κ2) is 5.86. The molecule has 2 heteroatoms. The third kappa shape index (κ3) is 3.85. The summed E-state index contributed by atoms with van der Waals surface area (Å²) in [4.78, 5) is 0. The first-order valence-electron chi connectivity index (χ1n) is 5.53. The molecule has 0 radical (unpaired) electrons. The molecule has 0 saturated carbocycles. The Kier molecular flexibility index (Phi) is 5.96. The Morgan fingerprint density at radius 1 is 1.00 bits per heavy atom. The van der Waals surface area contributed by atoms with Crippen LogP contribution in [-0.4, -0.2) is 17.5 Å². The van der Waals surface area contributed by atoms with E-state index in [0.717, 1.165) is 12.6 Å². The number of hydrogen-bond acceptors (Lipinski definition) is 1. The van der Waals surface area contributed by atoms with E-state index in [1.54, 1.807) is 0 Å². The summed E-state index contributed by atoms with van der Waals surface area (Å²) in [5.74, 6) is 0. The molecule has 0 aliphatic rings. The van der Waals surface area contributed by atoms with Gasteiger partial charge in [-0.05, 0) is 6.42 Å². The Hall–Kier alpha value is 0.230. The van der Waals surface area contributed by atoms with E-state index in [1.165, 1.54) is 12.8 Å². The van der Waals surface area contributed by atoms with Gasteiger partial charge < -0.3 is 4.57 Å². The van der Waals surface area contributed by atoms with Crippen molar-refractivity contribution in [3.05, 3.63) is 0 Å². The molecule has 0 aliphatic carbocycles. The summed E-state index contributed by atoms with van der Waals surface area (Å²) in [6, 6.07) is 0. The summed E-state index contributed by atoms with van der Waals surface area (Å²) in [6.07, 6.45) is 4.54. The molecule has 0 aromatic heterocycles. The molecule has 0 unspecified atom stereocenters. The van der Waals surface area contributed by atoms with Crippen LogP contribution in [0.25, 0.3) is 0 Å². The Bertz CT molecular complexity index is 161. The molecule has 0 aromatic carbocycles. The monoisotopic (exact) mass is 204 g/mol. The van der Waals surface area contributed by atoms with Crippen molar-refractivity contribution in [1.29, 1.82) is 0 Å². The predicted octanol–water partition coefficient (Wildman–Crippen LogP) is 4.36. The standard InChI is InChI=1S/C11H25OP/c1-6-7-8-9-13(12,10(2)3)11(4)5/h10-11H,6-9H2,1-5H3. The first-order chi connectivity index (χ1) is 5.95. The molecule has 13 heavy (non-hydrogen) atoms. The Morgan fingerprint density at radius 3 is 1.77 bits per heavy atom. The molecule has 1 nitrogen and oxygen atoms in total. The van der Waals surface area contributed by atoms with Gasteiger partial charge in [0, 0.05) is 17.5 Å². The molecule has 0 atom stereocenters. The molecule has 0 N–H and O–H groups in total. The van der Waals surface area contributed by atoms with E-state index in [2.05, 4.69) is 34.6 Å². The van der Waals surface area contributed by atoms with E-state index in [-0.39, 0.29) is 0 Å². The van der Waals surface area contributed by atoms with Crippen molar-refractivity contribution in [1.82, 2.24) is 0 Å². The molecule has 0 spiro atoms. The van der Waals surface area contributed by atoms with Crippen molar-refractivity contribution in [3.63, 3.8) is 0 Å². The topological polar surface area (TPSA) is 17.1 Å². The number of hydrogen-bond donors (Lipinski definition) is 0. The van der Waals surface area contributed by atoms with Crippen LogP contribution >= 0.6 is 7.14 Å². The van der Waals surface area contributed by atoms with E-state index >= 15 is 0 Å². The minimum atomic E-state index is -1.89. The lowest BCUT2D eigenvalue weighted by Crippen LogP contribution is -2.11. The molecular formula is C11H25OP. The van der Waals surface area contributed by atoms with Crippen LogP contribution in [0.5, 0.6) is 0 Å². The van der Waals surface area contributed by atoms with Gasteiger partial charge in [-0.3, -0.25) is 0 Å². The van der Waals surface area contributed by atoms with Crippen molar-refractivity contribution >= 4 is 7.14 Å². The maximum absolute atomic E-state index is 12.5. The highest BCUT2D eigenvalue weighted by molar-refractivity contribution is 7.65. The van der Waals surface area contributed by atoms with Crippen LogP contribution in [0.15, 0.2) is 0 Å². The molecule has 0 aromatic rings. The quantitative estimate of drug-likeness (QED) is 0.464. The third-order valence-electron chi connectivity index (χ3n) is 2.86. The van der Waals surface area contributed by atoms with Crippen LogP contribution in [0.3, 0.4) is 0 Å². The fourth-order valence-corrected chi connectivity index (χ4v) is 4.66. The van der Waals surface area contributed by atoms with Crippen molar-refractivity contribution < 1.29 is 4.57 Å². The lowest BCUT2D eigenvalue weighted by Gasteiger charge is -2.25. The number of unbranched alkanes of at least 4 members (excludes halogenated alkanes) is 2. The van der Waals surface area contributed by atoms with E-state index < -0.39 is 7.14 Å². The highest BCUT2D eigenvalue weighted by Gasteiger charge is 2.29. The number of rotatable bonds is 6. The molecule has 0 fully saturated rings. The first-order valence-corrected chi connectivity index (χ1v) is 7.56. The highest BCUT2D eigenvalue weighted by atomic mass is 31.2. The first kappa shape index (κ1) is 13.2. The van der Waals surface area contributed by atoms with Crippen molar-refractivity contribution in [2.45, 2.75) is 65.2 Å². The van der Waals surface area contributed by atoms with Crippen molar-refractivity contribution in [2.75, 3.05) is 6.16 Å². The van der Waals surface area contributed by atoms with Gasteiger partial charge in [0.1, 0.15) is 0 Å². The van der Waals surface area contributed by atoms with Crippen LogP contribution in [0, 0.1) is 0 Å². The van der Waals surface area contributed by atoms with Crippen LogP contribution in [0.2, 0.25) is 0 Å². The lowest BCUT2D eigenvalue weighted by atomic mass is 10.3. The SMILES string of the molecule is CCCCCP(=O)(C(C)C)C(C)C. The fraction of sp³-hybridized carbons (Fsp3) is 1.00. The lowest BCUT2D eigenvalue weighted by molar-refractivity contribution is 0.557. The van der Waals surface area contributed by atoms with Crippen LogP contribution < -0.4 is 0 Å². The van der Waals surface area contributed by atoms with Gasteiger partial charge in [0.25, 0.3) is 0 Å². The Morgan fingerprint density at radius 2 is 1.46 bits per heavy atom. The van der Waals surface area contributed by atoms with Gasteiger partial charge in [-0.1, -0.05) is 47.5 Å². The summed E-state index contributed by atoms with van der Waals surface area (Å²) in [5, 5.41) is 0. The summed E-state index contributed by atoms with van der Waals surface area (Å²) in [6.45, 7) is 10.6. The zero-order valence-electron chi connectivity index (χ0n) is 9.84. The van der Waals surface area contributed by atoms with Gasteiger partial charge in [-0.2, -0.15) is 0 Å². The van der Waals surface area contributed by atoms with Crippen molar-refractivity contribution in [2.24, 2.45) is 0 Å². The smallest absolute Gasteiger partial charge is 0.0925 e. The van der Waals surface area contributed by atoms with Crippen LogP contribution in [-0.2, 0) is 4.57 Å². The molecule has 0 rings (SSSR count). The van der Waals surface area contributed by atoms with Gasteiger partial charge in [0.05, 0.1) is 7.14 Å². The second-order valence-electron chi connectivity index (χ2n) is 4.47. The van der Waals surface area contributed by atoms with E-state index in [1.807, 2.05) is 0 Å². The van der Waals surface area contributed by atoms with Gasteiger partial charge in [0.2, 0.25) is 0 Å². The maximum atomic E-state index is 12.5. The van der Waals surface area contributed by atoms with Gasteiger partial charge >= 0.3 is 0 Å². The average Bonchev–Trinajstić information content (AvgIpc) is 2.03. The van der Waals surface area contributed by atoms with Crippen LogP contribution in [0.4, 0.5) is 0 Å². The van der Waals surface area contributed by atoms with E-state index in [0.29, 0.717) is 11.3 Å². The molecular weight excluding hydrogens is 179 g/mol. The Balaban J connectivity index is 4.18. The predicted molar refractivity (Wildman–Crippen MR) is 62.3 cm³/mol. The third-order valence-corrected chi connectivity index (χ3v) is 7.37. The second-order valence-corrected chi connectivity index (χ2v) is 8.69. The maximum Gasteiger partial charge on any atom is 0.0925 e. The zero-order valence-corrected chi connectivity index (χ0v) is 10.7. The molecule has 0 heterocycles. The molecule has 0 amide bonds. The summed E-state index contributed by atoms with van der Waals surface area (Å²) < 4.78 is 12.5. The molecule has 80 valence electrons. The zero-order chi connectivity index (χ0) is 10.5. The minimum absolute atomic E-state index is 0.365. The van der Waals surface area contributed by atoms with Gasteiger partial charge in [-0.25, -0.2) is 0 Å². The molecule has 0 saturated heterocycles. The fourth-order valence-electron chi connectivity index (χ4n) is 1.72. The van der Waals surface area contributed by atoms with E-state index in [9.17, 15) is 4.57 Å². The Labute approximate surface area is 83.7 Å². The summed E-state index contributed by atoms with van der Waals surface area (Å²) in [7, 11) is -1.89. The normalized spacial score (nSPS) is 12.8. The largest absolute Gasteiger partial charge is 0.323 e. The van der Waals surface area contributed by atoms with E-state index in [4.69, 9.17) is 0 Å². The molecule has 0 aliphatic heterocycles. The van der Waals surface area contributed by atoms with Gasteiger partial charge in [0.15, 0.2) is 0 Å².